The monoisotopic (exact) mass is 391 g/mol. The van der Waals surface area contributed by atoms with E-state index in [-0.39, 0.29) is 12.7 Å². The maximum atomic E-state index is 12.8. The van der Waals surface area contributed by atoms with Crippen LogP contribution in [0.2, 0.25) is 0 Å². The van der Waals surface area contributed by atoms with Gasteiger partial charge in [-0.1, -0.05) is 49.7 Å². The van der Waals surface area contributed by atoms with Crippen LogP contribution in [0.15, 0.2) is 17.0 Å². The molecule has 4 rings (SSSR count). The molecule has 0 aromatic heterocycles. The molecule has 1 aromatic carbocycles. The summed E-state index contributed by atoms with van der Waals surface area (Å²) in [6, 6.07) is 3.63. The summed E-state index contributed by atoms with van der Waals surface area (Å²) in [5, 5.41) is 0. The molecule has 138 valence electrons. The molecule has 0 radical (unpaired) electrons. The fourth-order valence-corrected chi connectivity index (χ4v) is 4.97. The van der Waals surface area contributed by atoms with Crippen LogP contribution in [0, 0.1) is 5.92 Å². The van der Waals surface area contributed by atoms with Crippen LogP contribution in [-0.2, 0) is 4.79 Å². The number of benzene rings is 1. The molecular formula is C19H21NO4S2. The van der Waals surface area contributed by atoms with Gasteiger partial charge < -0.3 is 14.2 Å². The minimum atomic E-state index is -0.0160. The normalized spacial score (nSPS) is 21.3. The van der Waals surface area contributed by atoms with Crippen molar-refractivity contribution >= 4 is 40.3 Å². The molecule has 2 heterocycles. The van der Waals surface area contributed by atoms with Crippen molar-refractivity contribution in [2.24, 2.45) is 5.92 Å². The lowest BCUT2D eigenvalue weighted by Crippen LogP contribution is -2.30. The van der Waals surface area contributed by atoms with Crippen molar-refractivity contribution in [1.29, 1.82) is 0 Å². The minimum absolute atomic E-state index is 0.0160. The summed E-state index contributed by atoms with van der Waals surface area (Å²) >= 11 is 6.80. The zero-order valence-electron chi connectivity index (χ0n) is 14.7. The highest BCUT2D eigenvalue weighted by molar-refractivity contribution is 8.26. The average Bonchev–Trinajstić information content (AvgIpc) is 3.35. The van der Waals surface area contributed by atoms with Crippen molar-refractivity contribution in [1.82, 2.24) is 4.90 Å². The summed E-state index contributed by atoms with van der Waals surface area (Å²) in [6.45, 7) is 0.913. The summed E-state index contributed by atoms with van der Waals surface area (Å²) in [7, 11) is 1.60. The summed E-state index contributed by atoms with van der Waals surface area (Å²) < 4.78 is 16.9. The quantitative estimate of drug-likeness (QED) is 0.554. The fourth-order valence-electron chi connectivity index (χ4n) is 3.67. The van der Waals surface area contributed by atoms with E-state index in [1.54, 1.807) is 18.1 Å². The van der Waals surface area contributed by atoms with E-state index in [9.17, 15) is 4.79 Å². The van der Waals surface area contributed by atoms with Gasteiger partial charge in [-0.15, -0.1) is 0 Å². The van der Waals surface area contributed by atoms with Crippen LogP contribution in [0.1, 0.15) is 37.7 Å². The highest BCUT2D eigenvalue weighted by Gasteiger charge is 2.33. The number of carbonyl (C=O) groups is 1. The number of hydrogen-bond donors (Lipinski definition) is 0. The van der Waals surface area contributed by atoms with Gasteiger partial charge >= 0.3 is 0 Å². The van der Waals surface area contributed by atoms with Gasteiger partial charge in [-0.25, -0.2) is 0 Å². The van der Waals surface area contributed by atoms with Crippen molar-refractivity contribution in [2.45, 2.75) is 32.1 Å². The van der Waals surface area contributed by atoms with Gasteiger partial charge in [0.2, 0.25) is 6.79 Å². The number of ether oxygens (including phenoxy) is 3. The lowest BCUT2D eigenvalue weighted by atomic mass is 10.0. The molecule has 26 heavy (non-hydrogen) atoms. The van der Waals surface area contributed by atoms with Gasteiger partial charge in [-0.3, -0.25) is 9.69 Å². The Hall–Kier alpha value is -1.73. The van der Waals surface area contributed by atoms with E-state index in [1.807, 2.05) is 12.1 Å². The van der Waals surface area contributed by atoms with Gasteiger partial charge in [-0.2, -0.15) is 0 Å². The lowest BCUT2D eigenvalue weighted by molar-refractivity contribution is -0.122. The molecule has 1 saturated heterocycles. The van der Waals surface area contributed by atoms with Crippen molar-refractivity contribution < 1.29 is 19.0 Å². The smallest absolute Gasteiger partial charge is 0.266 e. The standard InChI is InChI=1S/C19H21NO4S2/c1-22-14-10-16-15(23-11-24-16)8-13(14)9-17-18(21)20(19(25)26-17)7-6-12-4-2-3-5-12/h8-10,12H,2-7,11H2,1H3/b17-9-. The third kappa shape index (κ3) is 3.42. The van der Waals surface area contributed by atoms with Crippen molar-refractivity contribution in [3.8, 4) is 17.2 Å². The summed E-state index contributed by atoms with van der Waals surface area (Å²) in [6.07, 6.45) is 8.04. The second-order valence-corrected chi connectivity index (χ2v) is 8.40. The third-order valence-electron chi connectivity index (χ3n) is 5.12. The Morgan fingerprint density at radius 1 is 1.31 bits per heavy atom. The van der Waals surface area contributed by atoms with Gasteiger partial charge in [0.15, 0.2) is 11.5 Å². The number of fused-ring (bicyclic) bond motifs is 1. The highest BCUT2D eigenvalue weighted by Crippen LogP contribution is 2.41. The second kappa shape index (κ2) is 7.48. The number of carbonyl (C=O) groups excluding carboxylic acids is 1. The van der Waals surface area contributed by atoms with Crippen LogP contribution in [-0.4, -0.2) is 35.6 Å². The number of methoxy groups -OCH3 is 1. The molecule has 1 aromatic rings. The van der Waals surface area contributed by atoms with Gasteiger partial charge in [0.05, 0.1) is 12.0 Å². The van der Waals surface area contributed by atoms with E-state index < -0.39 is 0 Å². The van der Waals surface area contributed by atoms with E-state index in [1.165, 1.54) is 37.4 Å². The molecule has 0 spiro atoms. The second-order valence-electron chi connectivity index (χ2n) is 6.72. The predicted octanol–water partition coefficient (Wildman–Crippen LogP) is 4.21. The molecule has 1 aliphatic carbocycles. The third-order valence-corrected chi connectivity index (χ3v) is 6.50. The molecule has 5 nitrogen and oxygen atoms in total. The number of thiocarbonyl (C=S) groups is 1. The van der Waals surface area contributed by atoms with Gasteiger partial charge in [-0.05, 0) is 24.5 Å². The topological polar surface area (TPSA) is 48.0 Å². The van der Waals surface area contributed by atoms with Crippen LogP contribution in [0.4, 0.5) is 0 Å². The first kappa shape index (κ1) is 17.7. The van der Waals surface area contributed by atoms with Gasteiger partial charge in [0.1, 0.15) is 10.1 Å². The van der Waals surface area contributed by atoms with E-state index in [0.29, 0.717) is 33.0 Å². The Morgan fingerprint density at radius 3 is 2.77 bits per heavy atom. The number of rotatable bonds is 5. The molecule has 0 atom stereocenters. The van der Waals surface area contributed by atoms with Crippen LogP contribution in [0.25, 0.3) is 6.08 Å². The number of amides is 1. The van der Waals surface area contributed by atoms with Crippen LogP contribution in [0.3, 0.4) is 0 Å². The Labute approximate surface area is 162 Å². The lowest BCUT2D eigenvalue weighted by Gasteiger charge is -2.17. The molecule has 2 aliphatic heterocycles. The SMILES string of the molecule is COc1cc2c(cc1/C=C1\SC(=S)N(CCC3CCCC3)C1=O)OCO2. The zero-order chi connectivity index (χ0) is 18.1. The van der Waals surface area contributed by atoms with E-state index >= 15 is 0 Å². The Kier molecular flexibility index (Phi) is 5.09. The van der Waals surface area contributed by atoms with Crippen molar-refractivity contribution in [3.63, 3.8) is 0 Å². The molecule has 7 heteroatoms. The molecule has 2 fully saturated rings. The van der Waals surface area contributed by atoms with Crippen LogP contribution in [0.5, 0.6) is 17.2 Å². The Morgan fingerprint density at radius 2 is 2.04 bits per heavy atom. The number of hydrogen-bond acceptors (Lipinski definition) is 6. The first-order chi connectivity index (χ1) is 12.7. The summed E-state index contributed by atoms with van der Waals surface area (Å²) in [4.78, 5) is 15.2. The molecule has 0 unspecified atom stereocenters. The average molecular weight is 392 g/mol. The van der Waals surface area contributed by atoms with Gasteiger partial charge in [0.25, 0.3) is 5.91 Å². The van der Waals surface area contributed by atoms with E-state index in [2.05, 4.69) is 0 Å². The highest BCUT2D eigenvalue weighted by atomic mass is 32.2. The first-order valence-corrected chi connectivity index (χ1v) is 10.1. The Balaban J connectivity index is 1.52. The largest absolute Gasteiger partial charge is 0.496 e. The predicted molar refractivity (Wildman–Crippen MR) is 106 cm³/mol. The Bertz CT molecular complexity index is 771. The molecule has 1 saturated carbocycles. The minimum Gasteiger partial charge on any atom is -0.496 e. The molecule has 1 amide bonds. The van der Waals surface area contributed by atoms with Crippen molar-refractivity contribution in [2.75, 3.05) is 20.4 Å². The van der Waals surface area contributed by atoms with Gasteiger partial charge in [0, 0.05) is 18.2 Å². The summed E-state index contributed by atoms with van der Waals surface area (Å²) in [5.41, 5.74) is 0.785. The van der Waals surface area contributed by atoms with Crippen LogP contribution < -0.4 is 14.2 Å². The van der Waals surface area contributed by atoms with Crippen molar-refractivity contribution in [3.05, 3.63) is 22.6 Å². The maximum absolute atomic E-state index is 12.8. The summed E-state index contributed by atoms with van der Waals surface area (Å²) in [5.74, 6) is 2.68. The van der Waals surface area contributed by atoms with Crippen LogP contribution >= 0.6 is 24.0 Å². The molecule has 0 N–H and O–H groups in total. The first-order valence-electron chi connectivity index (χ1n) is 8.88. The fraction of sp³-hybridized carbons (Fsp3) is 0.474. The maximum Gasteiger partial charge on any atom is 0.266 e. The molecular weight excluding hydrogens is 370 g/mol. The van der Waals surface area contributed by atoms with E-state index in [0.717, 1.165) is 17.9 Å². The number of thioether (sulfide) groups is 1. The number of nitrogens with zero attached hydrogens (tertiary/aromatic N) is 1. The molecule has 3 aliphatic rings. The van der Waals surface area contributed by atoms with E-state index in [4.69, 9.17) is 26.4 Å². The zero-order valence-corrected chi connectivity index (χ0v) is 16.3. The molecule has 0 bridgehead atoms.